The van der Waals surface area contributed by atoms with Crippen molar-refractivity contribution in [2.24, 2.45) is 5.73 Å². The van der Waals surface area contributed by atoms with Gasteiger partial charge in [-0.1, -0.05) is 0 Å². The van der Waals surface area contributed by atoms with Crippen LogP contribution in [0.3, 0.4) is 0 Å². The number of β-amino-alcohol motifs (C(OH)–C–C–N with tert-alkyl or cyclic N) is 1. The molecule has 0 saturated carbocycles. The minimum atomic E-state index is -0.403. The van der Waals surface area contributed by atoms with E-state index in [2.05, 4.69) is 4.98 Å². The Morgan fingerprint density at radius 2 is 2.53 bits per heavy atom. The monoisotopic (exact) mass is 255 g/mol. The largest absolute Gasteiger partial charge is 0.391 e. The first-order valence-corrected chi connectivity index (χ1v) is 6.64. The zero-order valence-electron chi connectivity index (χ0n) is 9.80. The third-order valence-electron chi connectivity index (χ3n) is 2.81. The van der Waals surface area contributed by atoms with Crippen molar-refractivity contribution >= 4 is 17.2 Å². The number of carbonyl (C=O) groups is 1. The first-order valence-electron chi connectivity index (χ1n) is 5.76. The number of piperidine rings is 1. The predicted molar refractivity (Wildman–Crippen MR) is 65.9 cm³/mol. The van der Waals surface area contributed by atoms with Crippen molar-refractivity contribution in [1.29, 1.82) is 0 Å². The van der Waals surface area contributed by atoms with E-state index in [4.69, 9.17) is 5.73 Å². The molecule has 0 radical (unpaired) electrons. The third-order valence-corrected chi connectivity index (χ3v) is 3.86. The summed E-state index contributed by atoms with van der Waals surface area (Å²) < 4.78 is 0. The highest BCUT2D eigenvalue weighted by Crippen LogP contribution is 2.19. The number of thiazole rings is 1. The minimum Gasteiger partial charge on any atom is -0.391 e. The molecule has 94 valence electrons. The summed E-state index contributed by atoms with van der Waals surface area (Å²) in [6.07, 6.45) is 1.21. The molecular formula is C11H17N3O2S. The van der Waals surface area contributed by atoms with Gasteiger partial charge in [0, 0.05) is 18.5 Å². The van der Waals surface area contributed by atoms with E-state index in [9.17, 15) is 9.90 Å². The van der Waals surface area contributed by atoms with Crippen LogP contribution in [0.2, 0.25) is 0 Å². The maximum absolute atomic E-state index is 12.1. The lowest BCUT2D eigenvalue weighted by molar-refractivity contribution is 0.0469. The van der Waals surface area contributed by atoms with Crippen molar-refractivity contribution in [3.8, 4) is 0 Å². The molecule has 5 nitrogen and oxygen atoms in total. The molecule has 1 aromatic heterocycles. The summed E-state index contributed by atoms with van der Waals surface area (Å²) in [6, 6.07) is -0.145. The molecule has 1 amide bonds. The van der Waals surface area contributed by atoms with Gasteiger partial charge < -0.3 is 15.7 Å². The first kappa shape index (κ1) is 12.5. The van der Waals surface area contributed by atoms with Crippen LogP contribution < -0.4 is 5.73 Å². The van der Waals surface area contributed by atoms with Crippen LogP contribution in [-0.4, -0.2) is 40.1 Å². The molecule has 1 aromatic rings. The van der Waals surface area contributed by atoms with Crippen molar-refractivity contribution in [2.45, 2.75) is 31.9 Å². The zero-order valence-corrected chi connectivity index (χ0v) is 10.6. The number of likely N-dealkylation sites (tertiary alicyclic amines) is 1. The van der Waals surface area contributed by atoms with E-state index in [0.29, 0.717) is 18.8 Å². The molecule has 1 fully saturated rings. The molecule has 6 heteroatoms. The summed E-state index contributed by atoms with van der Waals surface area (Å²) >= 11 is 1.40. The summed E-state index contributed by atoms with van der Waals surface area (Å²) in [5.41, 5.74) is 6.15. The fourth-order valence-electron chi connectivity index (χ4n) is 1.90. The Balaban J connectivity index is 2.07. The molecule has 2 atom stereocenters. The third kappa shape index (κ3) is 2.83. The molecule has 3 N–H and O–H groups in total. The van der Waals surface area contributed by atoms with E-state index >= 15 is 0 Å². The molecule has 0 spiro atoms. The Morgan fingerprint density at radius 3 is 3.12 bits per heavy atom. The van der Waals surface area contributed by atoms with Crippen LogP contribution in [0, 0.1) is 0 Å². The van der Waals surface area contributed by atoms with Gasteiger partial charge in [-0.25, -0.2) is 4.98 Å². The Kier molecular flexibility index (Phi) is 3.76. The highest BCUT2D eigenvalue weighted by molar-refractivity contribution is 7.09. The summed E-state index contributed by atoms with van der Waals surface area (Å²) in [6.45, 7) is 2.95. The van der Waals surface area contributed by atoms with E-state index in [1.807, 2.05) is 6.92 Å². The van der Waals surface area contributed by atoms with Crippen molar-refractivity contribution in [3.05, 3.63) is 16.1 Å². The normalized spacial score (nSPS) is 22.5. The number of nitrogens with zero attached hydrogens (tertiary/aromatic N) is 2. The van der Waals surface area contributed by atoms with Gasteiger partial charge >= 0.3 is 0 Å². The smallest absolute Gasteiger partial charge is 0.273 e. The van der Waals surface area contributed by atoms with Gasteiger partial charge in [-0.3, -0.25) is 4.79 Å². The number of aliphatic hydroxyl groups is 1. The van der Waals surface area contributed by atoms with Gasteiger partial charge in [0.25, 0.3) is 5.91 Å². The van der Waals surface area contributed by atoms with Crippen molar-refractivity contribution < 1.29 is 9.90 Å². The molecule has 1 saturated heterocycles. The average Bonchev–Trinajstić information content (AvgIpc) is 2.77. The quantitative estimate of drug-likeness (QED) is 0.817. The van der Waals surface area contributed by atoms with Crippen LogP contribution in [0.4, 0.5) is 0 Å². The number of rotatable bonds is 2. The first-order chi connectivity index (χ1) is 8.08. The van der Waals surface area contributed by atoms with Gasteiger partial charge in [0.1, 0.15) is 10.7 Å². The number of amides is 1. The van der Waals surface area contributed by atoms with Gasteiger partial charge in [-0.2, -0.15) is 0 Å². The average molecular weight is 255 g/mol. The van der Waals surface area contributed by atoms with Gasteiger partial charge in [0.2, 0.25) is 0 Å². The second-order valence-electron chi connectivity index (χ2n) is 4.41. The molecule has 2 rings (SSSR count). The molecule has 1 aliphatic rings. The Hall–Kier alpha value is -0.980. The Bertz CT molecular complexity index is 405. The molecule has 0 bridgehead atoms. The molecule has 1 aliphatic heterocycles. The van der Waals surface area contributed by atoms with E-state index in [1.165, 1.54) is 11.3 Å². The molecule has 2 heterocycles. The maximum atomic E-state index is 12.1. The van der Waals surface area contributed by atoms with Crippen LogP contribution >= 0.6 is 11.3 Å². The fourth-order valence-corrected chi connectivity index (χ4v) is 2.65. The van der Waals surface area contributed by atoms with Gasteiger partial charge in [-0.15, -0.1) is 11.3 Å². The highest BCUT2D eigenvalue weighted by Gasteiger charge is 2.24. The second kappa shape index (κ2) is 5.12. The Labute approximate surface area is 104 Å². The van der Waals surface area contributed by atoms with Crippen LogP contribution in [0.5, 0.6) is 0 Å². The van der Waals surface area contributed by atoms with Crippen LogP contribution in [0.1, 0.15) is 41.3 Å². The van der Waals surface area contributed by atoms with Gasteiger partial charge in [-0.05, 0) is 19.8 Å². The number of carbonyl (C=O) groups excluding carboxylic acids is 1. The standard InChI is InChI=1S/C11H17N3O2S/c1-7(12)10-13-9(6-17-10)11(16)14-4-2-3-8(15)5-14/h6-8,15H,2-5,12H2,1H3. The van der Waals surface area contributed by atoms with E-state index in [-0.39, 0.29) is 11.9 Å². The van der Waals surface area contributed by atoms with E-state index < -0.39 is 6.10 Å². The fraction of sp³-hybridized carbons (Fsp3) is 0.636. The number of hydrogen-bond acceptors (Lipinski definition) is 5. The predicted octanol–water partition coefficient (Wildman–Crippen LogP) is 0.760. The van der Waals surface area contributed by atoms with Crippen LogP contribution in [0.25, 0.3) is 0 Å². The zero-order chi connectivity index (χ0) is 12.4. The lowest BCUT2D eigenvalue weighted by Crippen LogP contribution is -2.42. The summed E-state index contributed by atoms with van der Waals surface area (Å²) in [5.74, 6) is -0.105. The lowest BCUT2D eigenvalue weighted by atomic mass is 10.1. The lowest BCUT2D eigenvalue weighted by Gasteiger charge is -2.29. The molecule has 0 aromatic carbocycles. The molecule has 17 heavy (non-hydrogen) atoms. The van der Waals surface area contributed by atoms with Crippen LogP contribution in [0.15, 0.2) is 5.38 Å². The number of aliphatic hydroxyl groups excluding tert-OH is 1. The minimum absolute atomic E-state index is 0.105. The van der Waals surface area contributed by atoms with Crippen LogP contribution in [-0.2, 0) is 0 Å². The van der Waals surface area contributed by atoms with Crippen molar-refractivity contribution in [2.75, 3.05) is 13.1 Å². The summed E-state index contributed by atoms with van der Waals surface area (Å²) in [7, 11) is 0. The van der Waals surface area contributed by atoms with Crippen molar-refractivity contribution in [3.63, 3.8) is 0 Å². The molecular weight excluding hydrogens is 238 g/mol. The van der Waals surface area contributed by atoms with Crippen molar-refractivity contribution in [1.82, 2.24) is 9.88 Å². The number of aromatic nitrogens is 1. The number of hydrogen-bond donors (Lipinski definition) is 2. The van der Waals surface area contributed by atoms with E-state index in [1.54, 1.807) is 10.3 Å². The second-order valence-corrected chi connectivity index (χ2v) is 5.30. The highest BCUT2D eigenvalue weighted by atomic mass is 32.1. The molecule has 2 unspecified atom stereocenters. The molecule has 0 aliphatic carbocycles. The number of nitrogens with two attached hydrogens (primary N) is 1. The van der Waals surface area contributed by atoms with E-state index in [0.717, 1.165) is 17.8 Å². The van der Waals surface area contributed by atoms with Gasteiger partial charge in [0.05, 0.1) is 12.1 Å². The summed E-state index contributed by atoms with van der Waals surface area (Å²) in [4.78, 5) is 18.0. The maximum Gasteiger partial charge on any atom is 0.273 e. The topological polar surface area (TPSA) is 79.5 Å². The summed E-state index contributed by atoms with van der Waals surface area (Å²) in [5, 5.41) is 12.0. The SMILES string of the molecule is CC(N)c1nc(C(=O)N2CCCC(O)C2)cs1. The Morgan fingerprint density at radius 1 is 1.76 bits per heavy atom. The van der Waals surface area contributed by atoms with Gasteiger partial charge in [0.15, 0.2) is 0 Å².